The molecule has 4 N–H and O–H groups in total. The van der Waals surface area contributed by atoms with Crippen molar-refractivity contribution in [3.05, 3.63) is 68.4 Å². The Morgan fingerprint density at radius 1 is 1.12 bits per heavy atom. The number of benzene rings is 1. The van der Waals surface area contributed by atoms with Crippen LogP contribution >= 0.6 is 11.3 Å². The molecule has 0 aliphatic carbocycles. The largest absolute Gasteiger partial charge is 0.505 e. The Hall–Kier alpha value is -3.59. The normalized spacial score (nSPS) is 11.8. The number of nitrogens with one attached hydrogen (secondary N) is 2. The molecule has 2 heterocycles. The molecule has 0 spiro atoms. The van der Waals surface area contributed by atoms with E-state index in [1.165, 1.54) is 29.0 Å². The van der Waals surface area contributed by atoms with Gasteiger partial charge in [0.25, 0.3) is 5.56 Å². The van der Waals surface area contributed by atoms with Gasteiger partial charge in [-0.15, -0.1) is 11.3 Å². The predicted octanol–water partition coefficient (Wildman–Crippen LogP) is 4.08. The molecule has 1 unspecified atom stereocenters. The molecule has 0 fully saturated rings. The second-order valence-electron chi connectivity index (χ2n) is 7.63. The number of anilines is 1. The highest BCUT2D eigenvalue weighted by Crippen LogP contribution is 2.36. The van der Waals surface area contributed by atoms with Crippen molar-refractivity contribution >= 4 is 29.0 Å². The van der Waals surface area contributed by atoms with E-state index in [9.17, 15) is 24.6 Å². The highest BCUT2D eigenvalue weighted by Gasteiger charge is 2.22. The maximum Gasteiger partial charge on any atom is 0.320 e. The van der Waals surface area contributed by atoms with Crippen LogP contribution in [0.25, 0.3) is 10.4 Å². The van der Waals surface area contributed by atoms with Crippen LogP contribution in [-0.2, 0) is 11.8 Å². The van der Waals surface area contributed by atoms with E-state index in [1.54, 1.807) is 13.0 Å². The van der Waals surface area contributed by atoms with Crippen LogP contribution in [0.15, 0.2) is 41.2 Å². The monoisotopic (exact) mass is 455 g/mol. The van der Waals surface area contributed by atoms with Gasteiger partial charge in [-0.05, 0) is 49.6 Å². The Bertz CT molecular complexity index is 1220. The third-order valence-corrected chi connectivity index (χ3v) is 6.49. The average molecular weight is 456 g/mol. The molecule has 8 nitrogen and oxygen atoms in total. The number of carbonyl (C=O) groups excluding carboxylic acids is 1. The smallest absolute Gasteiger partial charge is 0.320 e. The fourth-order valence-electron chi connectivity index (χ4n) is 3.50. The van der Waals surface area contributed by atoms with Gasteiger partial charge in [0.1, 0.15) is 5.75 Å². The Kier molecular flexibility index (Phi) is 6.69. The van der Waals surface area contributed by atoms with Gasteiger partial charge in [-0.2, -0.15) is 0 Å². The van der Waals surface area contributed by atoms with E-state index >= 15 is 0 Å². The number of amides is 2. The summed E-state index contributed by atoms with van der Waals surface area (Å²) in [6.07, 6.45) is -0.335. The van der Waals surface area contributed by atoms with Crippen LogP contribution in [0.3, 0.4) is 0 Å². The molecule has 0 saturated heterocycles. The molecule has 32 heavy (non-hydrogen) atoms. The number of nitrogens with zero attached hydrogens (tertiary/aromatic N) is 1. The number of aliphatic carboxylic acids is 1. The molecule has 2 aromatic heterocycles. The lowest BCUT2D eigenvalue weighted by Crippen LogP contribution is -2.35. The molecule has 2 amide bonds. The van der Waals surface area contributed by atoms with Gasteiger partial charge in [0.2, 0.25) is 0 Å². The van der Waals surface area contributed by atoms with E-state index in [-0.39, 0.29) is 17.9 Å². The number of aryl methyl sites for hydroxylation is 3. The predicted molar refractivity (Wildman–Crippen MR) is 124 cm³/mol. The maximum atomic E-state index is 12.6. The zero-order chi connectivity index (χ0) is 23.6. The second-order valence-corrected chi connectivity index (χ2v) is 8.74. The lowest BCUT2D eigenvalue weighted by Gasteiger charge is -2.17. The maximum absolute atomic E-state index is 12.6. The van der Waals surface area contributed by atoms with Crippen LogP contribution in [0, 0.1) is 20.8 Å². The molecule has 0 aliphatic rings. The molecule has 3 rings (SSSR count). The van der Waals surface area contributed by atoms with Crippen molar-refractivity contribution in [1.29, 1.82) is 0 Å². The third kappa shape index (κ3) is 4.83. The van der Waals surface area contributed by atoms with Gasteiger partial charge in [-0.25, -0.2) is 4.79 Å². The highest BCUT2D eigenvalue weighted by atomic mass is 32.1. The lowest BCUT2D eigenvalue weighted by molar-refractivity contribution is -0.137. The zero-order valence-corrected chi connectivity index (χ0v) is 19.0. The van der Waals surface area contributed by atoms with Gasteiger partial charge in [-0.3, -0.25) is 9.59 Å². The van der Waals surface area contributed by atoms with Crippen molar-refractivity contribution in [2.24, 2.45) is 7.05 Å². The molecule has 9 heteroatoms. The third-order valence-electron chi connectivity index (χ3n) is 5.27. The number of thiophene rings is 1. The number of hydrogen-bond acceptors (Lipinski definition) is 5. The van der Waals surface area contributed by atoms with Gasteiger partial charge in [0, 0.05) is 28.6 Å². The molecule has 0 aliphatic heterocycles. The van der Waals surface area contributed by atoms with E-state index in [0.29, 0.717) is 10.6 Å². The molecular weight excluding hydrogens is 430 g/mol. The number of pyridine rings is 1. The fraction of sp³-hybridized carbons (Fsp3) is 0.261. The zero-order valence-electron chi connectivity index (χ0n) is 18.2. The number of carboxylic acids is 1. The Morgan fingerprint density at radius 3 is 2.41 bits per heavy atom. The van der Waals surface area contributed by atoms with Crippen LogP contribution < -0.4 is 16.2 Å². The van der Waals surface area contributed by atoms with Crippen LogP contribution in [0.5, 0.6) is 5.75 Å². The quantitative estimate of drug-likeness (QED) is 0.446. The lowest BCUT2D eigenvalue weighted by atomic mass is 10.0. The number of aromatic nitrogens is 1. The number of aromatic hydroxyl groups is 1. The van der Waals surface area contributed by atoms with Crippen molar-refractivity contribution in [2.75, 3.05) is 5.32 Å². The molecule has 0 bridgehead atoms. The highest BCUT2D eigenvalue weighted by molar-refractivity contribution is 7.15. The molecule has 168 valence electrons. The summed E-state index contributed by atoms with van der Waals surface area (Å²) in [5, 5.41) is 24.4. The van der Waals surface area contributed by atoms with Crippen molar-refractivity contribution in [2.45, 2.75) is 33.2 Å². The SMILES string of the molecule is Cc1cccc(C)c1-c1ccc(C(CC(=O)O)NC(=O)Nc2c(O)cc(C)n(C)c2=O)s1. The molecule has 0 saturated carbocycles. The number of carbonyl (C=O) groups is 2. The minimum absolute atomic E-state index is 0.271. The minimum atomic E-state index is -1.08. The molecule has 1 atom stereocenters. The van der Waals surface area contributed by atoms with Crippen molar-refractivity contribution in [3.63, 3.8) is 0 Å². The summed E-state index contributed by atoms with van der Waals surface area (Å²) in [5.41, 5.74) is 2.97. The van der Waals surface area contributed by atoms with Crippen LogP contribution in [0.1, 0.15) is 34.2 Å². The van der Waals surface area contributed by atoms with Gasteiger partial charge >= 0.3 is 12.0 Å². The van der Waals surface area contributed by atoms with E-state index in [0.717, 1.165) is 21.6 Å². The van der Waals surface area contributed by atoms with E-state index in [2.05, 4.69) is 10.6 Å². The Morgan fingerprint density at radius 2 is 1.78 bits per heavy atom. The molecule has 3 aromatic rings. The van der Waals surface area contributed by atoms with E-state index < -0.39 is 23.6 Å². The van der Waals surface area contributed by atoms with Crippen LogP contribution in [0.2, 0.25) is 0 Å². The summed E-state index contributed by atoms with van der Waals surface area (Å²) in [7, 11) is 1.52. The minimum Gasteiger partial charge on any atom is -0.505 e. The molecule has 0 radical (unpaired) electrons. The summed E-state index contributed by atoms with van der Waals surface area (Å²) in [6.45, 7) is 5.67. The first-order valence-corrected chi connectivity index (χ1v) is 10.7. The van der Waals surface area contributed by atoms with Crippen LogP contribution in [-0.4, -0.2) is 26.8 Å². The topological polar surface area (TPSA) is 121 Å². The average Bonchev–Trinajstić information content (AvgIpc) is 3.18. The number of urea groups is 1. The van der Waals surface area contributed by atoms with Crippen molar-refractivity contribution < 1.29 is 19.8 Å². The van der Waals surface area contributed by atoms with Gasteiger partial charge in [0.05, 0.1) is 12.5 Å². The summed E-state index contributed by atoms with van der Waals surface area (Å²) < 4.78 is 1.29. The first-order valence-electron chi connectivity index (χ1n) is 9.93. The summed E-state index contributed by atoms with van der Waals surface area (Å²) in [5.74, 6) is -1.43. The first kappa shape index (κ1) is 23.1. The van der Waals surface area contributed by atoms with Crippen molar-refractivity contribution in [1.82, 2.24) is 9.88 Å². The molecular formula is C23H25N3O5S. The molecule has 1 aromatic carbocycles. The summed E-state index contributed by atoms with van der Waals surface area (Å²) >= 11 is 1.40. The Labute approximate surface area is 189 Å². The van der Waals surface area contributed by atoms with Gasteiger partial charge in [0.15, 0.2) is 5.69 Å². The fourth-order valence-corrected chi connectivity index (χ4v) is 4.74. The van der Waals surface area contributed by atoms with Crippen LogP contribution in [0.4, 0.5) is 10.5 Å². The number of hydrogen-bond donors (Lipinski definition) is 4. The standard InChI is InChI=1S/C23H25N3O5S/c1-12-6-5-7-13(2)20(12)18-9-8-17(32-18)15(11-19(28)29)24-23(31)25-21-16(27)10-14(3)26(4)22(21)30/h5-10,15,27H,11H2,1-4H3,(H,28,29)(H2,24,25,31). The van der Waals surface area contributed by atoms with E-state index in [4.69, 9.17) is 0 Å². The number of rotatable bonds is 6. The first-order chi connectivity index (χ1) is 15.1. The summed E-state index contributed by atoms with van der Waals surface area (Å²) in [4.78, 5) is 38.0. The summed E-state index contributed by atoms with van der Waals surface area (Å²) in [6, 6.07) is 9.47. The van der Waals surface area contributed by atoms with Crippen molar-refractivity contribution in [3.8, 4) is 16.2 Å². The number of carboxylic acid groups (broad SMARTS) is 1. The Balaban J connectivity index is 1.87. The van der Waals surface area contributed by atoms with Gasteiger partial charge in [-0.1, -0.05) is 18.2 Å². The van der Waals surface area contributed by atoms with E-state index in [1.807, 2.05) is 38.1 Å². The second kappa shape index (κ2) is 9.27. The van der Waals surface area contributed by atoms with Gasteiger partial charge < -0.3 is 25.4 Å².